The number of rotatable bonds is 5. The summed E-state index contributed by atoms with van der Waals surface area (Å²) in [6, 6.07) is 16.5. The lowest BCUT2D eigenvalue weighted by molar-refractivity contribution is 0.185. The van der Waals surface area contributed by atoms with Gasteiger partial charge in [0.15, 0.2) is 5.58 Å². The van der Waals surface area contributed by atoms with E-state index < -0.39 is 0 Å². The SMILES string of the molecule is COCc1cccc(CNc2nc3ccccc3o2)c1. The zero-order chi connectivity index (χ0) is 13.8. The predicted molar refractivity (Wildman–Crippen MR) is 78.5 cm³/mol. The Morgan fingerprint density at radius 3 is 2.80 bits per heavy atom. The summed E-state index contributed by atoms with van der Waals surface area (Å²) in [6.07, 6.45) is 0. The largest absolute Gasteiger partial charge is 0.424 e. The molecule has 1 aromatic heterocycles. The summed E-state index contributed by atoms with van der Waals surface area (Å²) in [5.41, 5.74) is 3.98. The monoisotopic (exact) mass is 268 g/mol. The highest BCUT2D eigenvalue weighted by Gasteiger charge is 2.04. The van der Waals surface area contributed by atoms with Crippen LogP contribution in [0.15, 0.2) is 52.9 Å². The van der Waals surface area contributed by atoms with E-state index in [-0.39, 0.29) is 0 Å². The number of oxazole rings is 1. The molecule has 0 saturated carbocycles. The number of nitrogens with zero attached hydrogens (tertiary/aromatic N) is 1. The van der Waals surface area contributed by atoms with Crippen molar-refractivity contribution in [2.75, 3.05) is 12.4 Å². The minimum atomic E-state index is 0.545. The summed E-state index contributed by atoms with van der Waals surface area (Å²) in [7, 11) is 1.70. The Balaban J connectivity index is 1.71. The van der Waals surface area contributed by atoms with Crippen LogP contribution in [0.1, 0.15) is 11.1 Å². The van der Waals surface area contributed by atoms with Crippen molar-refractivity contribution in [3.8, 4) is 0 Å². The number of benzene rings is 2. The van der Waals surface area contributed by atoms with E-state index >= 15 is 0 Å². The summed E-state index contributed by atoms with van der Waals surface area (Å²) >= 11 is 0. The van der Waals surface area contributed by atoms with Crippen LogP contribution in [0, 0.1) is 0 Å². The summed E-state index contributed by atoms with van der Waals surface area (Å²) in [5.74, 6) is 0. The molecule has 0 amide bonds. The summed E-state index contributed by atoms with van der Waals surface area (Å²) in [6.45, 7) is 1.29. The van der Waals surface area contributed by atoms with Crippen LogP contribution < -0.4 is 5.32 Å². The Labute approximate surface area is 117 Å². The number of nitrogens with one attached hydrogen (secondary N) is 1. The molecule has 1 heterocycles. The molecule has 4 heteroatoms. The first-order valence-corrected chi connectivity index (χ1v) is 6.51. The third-order valence-corrected chi connectivity index (χ3v) is 3.04. The van der Waals surface area contributed by atoms with Gasteiger partial charge >= 0.3 is 0 Å². The minimum Gasteiger partial charge on any atom is -0.424 e. The molecule has 0 aliphatic carbocycles. The third kappa shape index (κ3) is 2.81. The Hall–Kier alpha value is -2.33. The molecule has 0 bridgehead atoms. The number of aromatic nitrogens is 1. The van der Waals surface area contributed by atoms with Crippen LogP contribution in [0.4, 0.5) is 6.01 Å². The van der Waals surface area contributed by atoms with Gasteiger partial charge in [-0.25, -0.2) is 0 Å². The van der Waals surface area contributed by atoms with Crippen molar-refractivity contribution >= 4 is 17.1 Å². The van der Waals surface area contributed by atoms with Crippen molar-refractivity contribution in [3.63, 3.8) is 0 Å². The first kappa shape index (κ1) is 12.7. The lowest BCUT2D eigenvalue weighted by Gasteiger charge is -2.05. The molecule has 0 aliphatic rings. The van der Waals surface area contributed by atoms with Crippen molar-refractivity contribution in [1.82, 2.24) is 4.98 Å². The summed E-state index contributed by atoms with van der Waals surface area (Å²) in [5, 5.41) is 3.20. The first-order valence-electron chi connectivity index (χ1n) is 6.51. The van der Waals surface area contributed by atoms with Crippen LogP contribution in [0.25, 0.3) is 11.1 Å². The Bertz CT molecular complexity index is 673. The molecule has 4 nitrogen and oxygen atoms in total. The van der Waals surface area contributed by atoms with Crippen molar-refractivity contribution < 1.29 is 9.15 Å². The first-order chi connectivity index (χ1) is 9.85. The van der Waals surface area contributed by atoms with Gasteiger partial charge in [0.1, 0.15) is 5.52 Å². The van der Waals surface area contributed by atoms with Gasteiger partial charge in [-0.15, -0.1) is 0 Å². The zero-order valence-corrected chi connectivity index (χ0v) is 11.3. The molecule has 0 aliphatic heterocycles. The fraction of sp³-hybridized carbons (Fsp3) is 0.188. The molecule has 0 saturated heterocycles. The van der Waals surface area contributed by atoms with E-state index in [1.807, 2.05) is 36.4 Å². The second-order valence-electron chi connectivity index (χ2n) is 4.59. The van der Waals surface area contributed by atoms with E-state index in [1.54, 1.807) is 7.11 Å². The molecule has 0 unspecified atom stereocenters. The number of methoxy groups -OCH3 is 1. The number of hydrogen-bond donors (Lipinski definition) is 1. The molecular weight excluding hydrogens is 252 g/mol. The zero-order valence-electron chi connectivity index (χ0n) is 11.3. The van der Waals surface area contributed by atoms with Gasteiger partial charge in [0, 0.05) is 13.7 Å². The lowest BCUT2D eigenvalue weighted by atomic mass is 10.1. The number of fused-ring (bicyclic) bond motifs is 1. The highest BCUT2D eigenvalue weighted by Crippen LogP contribution is 2.18. The van der Waals surface area contributed by atoms with Crippen LogP contribution in [0.3, 0.4) is 0 Å². The van der Waals surface area contributed by atoms with Gasteiger partial charge in [-0.3, -0.25) is 0 Å². The van der Waals surface area contributed by atoms with Crippen LogP contribution in [0.5, 0.6) is 0 Å². The maximum Gasteiger partial charge on any atom is 0.295 e. The predicted octanol–water partition coefficient (Wildman–Crippen LogP) is 3.59. The van der Waals surface area contributed by atoms with Crippen LogP contribution in [-0.2, 0) is 17.9 Å². The van der Waals surface area contributed by atoms with Gasteiger partial charge in [0.2, 0.25) is 0 Å². The normalized spacial score (nSPS) is 10.8. The fourth-order valence-corrected chi connectivity index (χ4v) is 2.12. The summed E-state index contributed by atoms with van der Waals surface area (Å²) in [4.78, 5) is 4.38. The van der Waals surface area contributed by atoms with Crippen molar-refractivity contribution in [2.45, 2.75) is 13.2 Å². The van der Waals surface area contributed by atoms with E-state index in [4.69, 9.17) is 9.15 Å². The van der Waals surface area contributed by atoms with E-state index in [9.17, 15) is 0 Å². The average Bonchev–Trinajstić information content (AvgIpc) is 2.89. The molecule has 20 heavy (non-hydrogen) atoms. The second kappa shape index (κ2) is 5.75. The van der Waals surface area contributed by atoms with Crippen molar-refractivity contribution in [2.24, 2.45) is 0 Å². The van der Waals surface area contributed by atoms with Gasteiger partial charge in [0.05, 0.1) is 6.61 Å². The molecular formula is C16H16N2O2. The Kier molecular flexibility index (Phi) is 3.65. The second-order valence-corrected chi connectivity index (χ2v) is 4.59. The van der Waals surface area contributed by atoms with Crippen LogP contribution in [0.2, 0.25) is 0 Å². The topological polar surface area (TPSA) is 47.3 Å². The molecule has 0 fully saturated rings. The van der Waals surface area contributed by atoms with Gasteiger partial charge in [-0.1, -0.05) is 36.4 Å². The molecule has 3 rings (SSSR count). The van der Waals surface area contributed by atoms with Gasteiger partial charge in [-0.05, 0) is 23.3 Å². The molecule has 102 valence electrons. The molecule has 0 atom stereocenters. The van der Waals surface area contributed by atoms with Gasteiger partial charge in [-0.2, -0.15) is 4.98 Å². The number of anilines is 1. The number of ether oxygens (including phenoxy) is 1. The number of hydrogen-bond acceptors (Lipinski definition) is 4. The molecule has 3 aromatic rings. The standard InChI is InChI=1S/C16H16N2O2/c1-19-11-13-6-4-5-12(9-13)10-17-16-18-14-7-2-3-8-15(14)20-16/h2-9H,10-11H2,1H3,(H,17,18). The molecule has 0 spiro atoms. The van der Waals surface area contributed by atoms with Gasteiger partial charge in [0.25, 0.3) is 6.01 Å². The third-order valence-electron chi connectivity index (χ3n) is 3.04. The minimum absolute atomic E-state index is 0.545. The molecule has 0 radical (unpaired) electrons. The van der Waals surface area contributed by atoms with E-state index in [1.165, 1.54) is 5.56 Å². The maximum absolute atomic E-state index is 5.62. The smallest absolute Gasteiger partial charge is 0.295 e. The maximum atomic E-state index is 5.62. The molecule has 2 aromatic carbocycles. The quantitative estimate of drug-likeness (QED) is 0.768. The fourth-order valence-electron chi connectivity index (χ4n) is 2.12. The van der Waals surface area contributed by atoms with Crippen LogP contribution in [-0.4, -0.2) is 12.1 Å². The van der Waals surface area contributed by atoms with Crippen molar-refractivity contribution in [3.05, 3.63) is 59.7 Å². The Morgan fingerprint density at radius 2 is 1.95 bits per heavy atom. The highest BCUT2D eigenvalue weighted by atomic mass is 16.5. The van der Waals surface area contributed by atoms with E-state index in [2.05, 4.69) is 22.4 Å². The van der Waals surface area contributed by atoms with Crippen molar-refractivity contribution in [1.29, 1.82) is 0 Å². The van der Waals surface area contributed by atoms with E-state index in [0.29, 0.717) is 19.2 Å². The highest BCUT2D eigenvalue weighted by molar-refractivity contribution is 5.74. The molecule has 1 N–H and O–H groups in total. The number of para-hydroxylation sites is 2. The van der Waals surface area contributed by atoms with Gasteiger partial charge < -0.3 is 14.5 Å². The van der Waals surface area contributed by atoms with Crippen LogP contribution >= 0.6 is 0 Å². The average molecular weight is 268 g/mol. The van der Waals surface area contributed by atoms with E-state index in [0.717, 1.165) is 16.7 Å². The Morgan fingerprint density at radius 1 is 1.10 bits per heavy atom. The summed E-state index contributed by atoms with van der Waals surface area (Å²) < 4.78 is 10.8. The lowest BCUT2D eigenvalue weighted by Crippen LogP contribution is -2.00.